The lowest BCUT2D eigenvalue weighted by atomic mass is 10.3. The summed E-state index contributed by atoms with van der Waals surface area (Å²) in [5, 5.41) is 19.2. The lowest BCUT2D eigenvalue weighted by molar-refractivity contribution is -0.134. The van der Waals surface area contributed by atoms with E-state index in [0.29, 0.717) is 0 Å². The molecule has 100 valence electrons. The Hall–Kier alpha value is -2.00. The molecule has 0 atom stereocenters. The molecule has 0 saturated carbocycles. The third kappa shape index (κ3) is 2.88. The van der Waals surface area contributed by atoms with Crippen molar-refractivity contribution in [3.8, 4) is 5.69 Å². The van der Waals surface area contributed by atoms with Crippen LogP contribution in [0.15, 0.2) is 29.4 Å². The SMILES string of the molecule is O=C(O)CS(=O)(=O)c1cc(Cl)ccc1-n1cnnn1. The number of sulfone groups is 1. The molecule has 1 aromatic heterocycles. The van der Waals surface area contributed by atoms with Gasteiger partial charge in [0, 0.05) is 5.02 Å². The number of hydrogen-bond acceptors (Lipinski definition) is 6. The van der Waals surface area contributed by atoms with Crippen LogP contribution in [0.25, 0.3) is 5.69 Å². The minimum absolute atomic E-state index is 0.135. The van der Waals surface area contributed by atoms with Crippen LogP contribution in [0.1, 0.15) is 0 Å². The third-order valence-electron chi connectivity index (χ3n) is 2.17. The average Bonchev–Trinajstić information content (AvgIpc) is 2.80. The number of carboxylic acid groups (broad SMARTS) is 1. The maximum Gasteiger partial charge on any atom is 0.319 e. The van der Waals surface area contributed by atoms with Gasteiger partial charge in [-0.3, -0.25) is 4.79 Å². The molecule has 8 nitrogen and oxygen atoms in total. The molecule has 0 bridgehead atoms. The molecule has 2 rings (SSSR count). The smallest absolute Gasteiger partial charge is 0.319 e. The number of aromatic nitrogens is 4. The van der Waals surface area contributed by atoms with E-state index in [1.807, 2.05) is 0 Å². The lowest BCUT2D eigenvalue weighted by Gasteiger charge is -2.08. The Balaban J connectivity index is 2.62. The second-order valence-corrected chi connectivity index (χ2v) is 5.91. The normalized spacial score (nSPS) is 11.4. The number of carbonyl (C=O) groups is 1. The van der Waals surface area contributed by atoms with E-state index in [4.69, 9.17) is 16.7 Å². The van der Waals surface area contributed by atoms with E-state index < -0.39 is 21.6 Å². The average molecular weight is 303 g/mol. The zero-order valence-electron chi connectivity index (χ0n) is 9.26. The maximum atomic E-state index is 12.0. The maximum absolute atomic E-state index is 12.0. The van der Waals surface area contributed by atoms with Gasteiger partial charge >= 0.3 is 5.97 Å². The molecule has 0 amide bonds. The Morgan fingerprint density at radius 3 is 2.74 bits per heavy atom. The highest BCUT2D eigenvalue weighted by molar-refractivity contribution is 7.92. The van der Waals surface area contributed by atoms with Gasteiger partial charge in [0.1, 0.15) is 6.33 Å². The molecule has 1 aromatic carbocycles. The van der Waals surface area contributed by atoms with Crippen molar-refractivity contribution in [2.75, 3.05) is 5.75 Å². The number of aliphatic carboxylic acids is 1. The topological polar surface area (TPSA) is 115 Å². The summed E-state index contributed by atoms with van der Waals surface area (Å²) >= 11 is 5.75. The van der Waals surface area contributed by atoms with E-state index in [9.17, 15) is 13.2 Å². The fraction of sp³-hybridized carbons (Fsp3) is 0.111. The molecular weight excluding hydrogens is 296 g/mol. The van der Waals surface area contributed by atoms with Crippen molar-refractivity contribution in [1.29, 1.82) is 0 Å². The van der Waals surface area contributed by atoms with E-state index in [2.05, 4.69) is 15.5 Å². The monoisotopic (exact) mass is 302 g/mol. The Labute approximate surface area is 112 Å². The van der Waals surface area contributed by atoms with Crippen LogP contribution < -0.4 is 0 Å². The first-order valence-electron chi connectivity index (χ1n) is 4.87. The number of tetrazole rings is 1. The van der Waals surface area contributed by atoms with E-state index in [1.165, 1.54) is 18.5 Å². The van der Waals surface area contributed by atoms with Gasteiger partial charge in [0.25, 0.3) is 0 Å². The van der Waals surface area contributed by atoms with E-state index in [-0.39, 0.29) is 15.6 Å². The Bertz CT molecular complexity index is 714. The minimum Gasteiger partial charge on any atom is -0.480 e. The van der Waals surface area contributed by atoms with E-state index in [0.717, 1.165) is 10.7 Å². The minimum atomic E-state index is -4.04. The van der Waals surface area contributed by atoms with Crippen LogP contribution in [0, 0.1) is 0 Å². The van der Waals surface area contributed by atoms with Gasteiger partial charge in [0.15, 0.2) is 15.6 Å². The second-order valence-electron chi connectivity index (χ2n) is 3.52. The highest BCUT2D eigenvalue weighted by atomic mass is 35.5. The summed E-state index contributed by atoms with van der Waals surface area (Å²) in [6.07, 6.45) is 1.20. The predicted octanol–water partition coefficient (Wildman–Crippen LogP) is 0.174. The summed E-state index contributed by atoms with van der Waals surface area (Å²) in [6.45, 7) is 0. The van der Waals surface area contributed by atoms with Gasteiger partial charge in [0.2, 0.25) is 0 Å². The molecule has 0 radical (unpaired) electrons. The first-order valence-corrected chi connectivity index (χ1v) is 6.90. The molecule has 1 heterocycles. The van der Waals surface area contributed by atoms with Crippen LogP contribution in [0.2, 0.25) is 5.02 Å². The molecule has 0 aliphatic rings. The van der Waals surface area contributed by atoms with E-state index >= 15 is 0 Å². The number of carboxylic acids is 1. The molecule has 0 spiro atoms. The van der Waals surface area contributed by atoms with Gasteiger partial charge in [-0.15, -0.1) is 5.10 Å². The van der Waals surface area contributed by atoms with Gasteiger partial charge < -0.3 is 5.11 Å². The van der Waals surface area contributed by atoms with Crippen LogP contribution in [-0.4, -0.2) is 45.5 Å². The van der Waals surface area contributed by atoms with Crippen LogP contribution >= 0.6 is 11.6 Å². The fourth-order valence-corrected chi connectivity index (χ4v) is 2.94. The molecule has 1 N–H and O–H groups in total. The van der Waals surface area contributed by atoms with Gasteiger partial charge in [0.05, 0.1) is 10.6 Å². The van der Waals surface area contributed by atoms with Crippen molar-refractivity contribution >= 4 is 27.4 Å². The fourth-order valence-electron chi connectivity index (χ4n) is 1.44. The number of benzene rings is 1. The zero-order valence-corrected chi connectivity index (χ0v) is 10.8. The van der Waals surface area contributed by atoms with Crippen LogP contribution in [0.5, 0.6) is 0 Å². The summed E-state index contributed by atoms with van der Waals surface area (Å²) in [6, 6.07) is 4.02. The van der Waals surface area contributed by atoms with Gasteiger partial charge in [-0.05, 0) is 28.6 Å². The Morgan fingerprint density at radius 1 is 1.42 bits per heavy atom. The van der Waals surface area contributed by atoms with Crippen molar-refractivity contribution in [2.24, 2.45) is 0 Å². The number of nitrogens with zero attached hydrogens (tertiary/aromatic N) is 4. The van der Waals surface area contributed by atoms with Crippen LogP contribution in [0.3, 0.4) is 0 Å². The van der Waals surface area contributed by atoms with Gasteiger partial charge in [-0.25, -0.2) is 8.42 Å². The molecule has 19 heavy (non-hydrogen) atoms. The van der Waals surface area contributed by atoms with Crippen molar-refractivity contribution < 1.29 is 18.3 Å². The van der Waals surface area contributed by atoms with Crippen molar-refractivity contribution in [3.63, 3.8) is 0 Å². The highest BCUT2D eigenvalue weighted by Crippen LogP contribution is 2.24. The summed E-state index contributed by atoms with van der Waals surface area (Å²) in [5.74, 6) is -2.50. The molecule has 0 aliphatic heterocycles. The summed E-state index contributed by atoms with van der Waals surface area (Å²) < 4.78 is 25.1. The van der Waals surface area contributed by atoms with Crippen molar-refractivity contribution in [1.82, 2.24) is 20.2 Å². The molecule has 0 saturated heterocycles. The predicted molar refractivity (Wildman–Crippen MR) is 63.9 cm³/mol. The molecule has 0 fully saturated rings. The number of halogens is 1. The second kappa shape index (κ2) is 4.94. The number of hydrogen-bond donors (Lipinski definition) is 1. The zero-order chi connectivity index (χ0) is 14.0. The molecule has 10 heteroatoms. The van der Waals surface area contributed by atoms with E-state index in [1.54, 1.807) is 0 Å². The Morgan fingerprint density at radius 2 is 2.16 bits per heavy atom. The standard InChI is InChI=1S/C9H7ClN4O4S/c10-6-1-2-7(14-5-11-12-13-14)8(3-6)19(17,18)4-9(15)16/h1-3,5H,4H2,(H,15,16). The number of rotatable bonds is 4. The largest absolute Gasteiger partial charge is 0.480 e. The quantitative estimate of drug-likeness (QED) is 0.856. The molecule has 0 aliphatic carbocycles. The summed E-state index contributed by atoms with van der Waals surface area (Å²) in [5.41, 5.74) is 0.135. The summed E-state index contributed by atoms with van der Waals surface area (Å²) in [4.78, 5) is 10.4. The molecule has 2 aromatic rings. The molecular formula is C9H7ClN4O4S. The van der Waals surface area contributed by atoms with Crippen molar-refractivity contribution in [2.45, 2.75) is 4.90 Å². The van der Waals surface area contributed by atoms with Crippen molar-refractivity contribution in [3.05, 3.63) is 29.5 Å². The van der Waals surface area contributed by atoms with Crippen LogP contribution in [-0.2, 0) is 14.6 Å². The molecule has 0 unspecified atom stereocenters. The van der Waals surface area contributed by atoms with Crippen LogP contribution in [0.4, 0.5) is 0 Å². The first kappa shape index (κ1) is 13.4. The highest BCUT2D eigenvalue weighted by Gasteiger charge is 2.24. The third-order valence-corrected chi connectivity index (χ3v) is 4.03. The lowest BCUT2D eigenvalue weighted by Crippen LogP contribution is -2.17. The van der Waals surface area contributed by atoms with Gasteiger partial charge in [-0.1, -0.05) is 11.6 Å². The first-order chi connectivity index (χ1) is 8.90. The summed E-state index contributed by atoms with van der Waals surface area (Å²) in [7, 11) is -4.04. The van der Waals surface area contributed by atoms with Gasteiger partial charge in [-0.2, -0.15) is 4.68 Å². The Kier molecular flexibility index (Phi) is 3.49.